The SMILES string of the molecule is CC(C)(CCl)C(=O)C(Br)Oc1ccc(C2CCCCC2)cc1. The molecule has 0 spiro atoms. The Morgan fingerprint density at radius 3 is 2.41 bits per heavy atom. The Balaban J connectivity index is 1.97. The summed E-state index contributed by atoms with van der Waals surface area (Å²) >= 11 is 9.17. The van der Waals surface area contributed by atoms with Crippen LogP contribution in [0.4, 0.5) is 0 Å². The molecule has 2 nitrogen and oxygen atoms in total. The van der Waals surface area contributed by atoms with E-state index in [1.807, 2.05) is 26.0 Å². The van der Waals surface area contributed by atoms with Gasteiger partial charge < -0.3 is 4.74 Å². The van der Waals surface area contributed by atoms with Crippen LogP contribution in [-0.4, -0.2) is 16.7 Å². The van der Waals surface area contributed by atoms with Gasteiger partial charge in [-0.2, -0.15) is 0 Å². The smallest absolute Gasteiger partial charge is 0.211 e. The number of ketones is 1. The number of ether oxygens (including phenoxy) is 1. The molecule has 1 aromatic carbocycles. The largest absolute Gasteiger partial charge is 0.471 e. The first-order valence-corrected chi connectivity index (χ1v) is 9.40. The predicted octanol–water partition coefficient (Wildman–Crippen LogP) is 5.67. The zero-order valence-electron chi connectivity index (χ0n) is 13.3. The molecule has 0 amide bonds. The van der Waals surface area contributed by atoms with E-state index in [4.69, 9.17) is 16.3 Å². The third-order valence-electron chi connectivity index (χ3n) is 4.40. The second kappa shape index (κ2) is 7.83. The van der Waals surface area contributed by atoms with E-state index < -0.39 is 10.4 Å². The second-order valence-electron chi connectivity index (χ2n) is 6.72. The summed E-state index contributed by atoms with van der Waals surface area (Å²) in [6, 6.07) is 8.17. The van der Waals surface area contributed by atoms with E-state index in [2.05, 4.69) is 28.1 Å². The van der Waals surface area contributed by atoms with Crippen LogP contribution in [0.5, 0.6) is 5.75 Å². The van der Waals surface area contributed by atoms with Gasteiger partial charge in [-0.25, -0.2) is 0 Å². The van der Waals surface area contributed by atoms with E-state index in [0.29, 0.717) is 11.7 Å². The molecular formula is C18H24BrClO2. The molecular weight excluding hydrogens is 364 g/mol. The first-order chi connectivity index (χ1) is 10.4. The summed E-state index contributed by atoms with van der Waals surface area (Å²) < 4.78 is 5.72. The molecule has 1 atom stereocenters. The number of rotatable bonds is 6. The fourth-order valence-electron chi connectivity index (χ4n) is 2.80. The van der Waals surface area contributed by atoms with Gasteiger partial charge in [0.2, 0.25) is 5.01 Å². The van der Waals surface area contributed by atoms with Crippen molar-refractivity contribution in [3.63, 3.8) is 0 Å². The molecule has 0 aromatic heterocycles. The van der Waals surface area contributed by atoms with Crippen LogP contribution < -0.4 is 4.74 Å². The molecule has 122 valence electrons. The summed E-state index contributed by atoms with van der Waals surface area (Å²) in [7, 11) is 0. The number of halogens is 2. The van der Waals surface area contributed by atoms with Gasteiger partial charge in [-0.05, 0) is 52.4 Å². The van der Waals surface area contributed by atoms with Crippen molar-refractivity contribution in [3.05, 3.63) is 29.8 Å². The zero-order valence-corrected chi connectivity index (χ0v) is 15.6. The lowest BCUT2D eigenvalue weighted by molar-refractivity contribution is -0.129. The number of hydrogen-bond donors (Lipinski definition) is 0. The Morgan fingerprint density at radius 2 is 1.86 bits per heavy atom. The van der Waals surface area contributed by atoms with E-state index in [-0.39, 0.29) is 11.7 Å². The molecule has 1 aliphatic rings. The van der Waals surface area contributed by atoms with Crippen molar-refractivity contribution >= 4 is 33.3 Å². The van der Waals surface area contributed by atoms with Gasteiger partial charge in [0.1, 0.15) is 5.75 Å². The van der Waals surface area contributed by atoms with Crippen molar-refractivity contribution in [1.82, 2.24) is 0 Å². The van der Waals surface area contributed by atoms with Gasteiger partial charge in [0, 0.05) is 11.3 Å². The zero-order chi connectivity index (χ0) is 16.2. The lowest BCUT2D eigenvalue weighted by atomic mass is 9.84. The van der Waals surface area contributed by atoms with Crippen LogP contribution in [0.1, 0.15) is 57.4 Å². The summed E-state index contributed by atoms with van der Waals surface area (Å²) in [5.41, 5.74) is 0.781. The summed E-state index contributed by atoms with van der Waals surface area (Å²) in [4.78, 5) is 12.3. The first kappa shape index (κ1) is 17.8. The van der Waals surface area contributed by atoms with Crippen molar-refractivity contribution in [1.29, 1.82) is 0 Å². The van der Waals surface area contributed by atoms with Crippen molar-refractivity contribution in [3.8, 4) is 5.75 Å². The molecule has 0 aliphatic heterocycles. The minimum Gasteiger partial charge on any atom is -0.471 e. The van der Waals surface area contributed by atoms with Crippen LogP contribution in [0.2, 0.25) is 0 Å². The van der Waals surface area contributed by atoms with Crippen molar-refractivity contribution in [2.24, 2.45) is 5.41 Å². The number of benzene rings is 1. The average molecular weight is 388 g/mol. The minimum atomic E-state index is -0.665. The summed E-state index contributed by atoms with van der Waals surface area (Å²) in [5, 5.41) is -0.665. The standard InChI is InChI=1S/C18H24BrClO2/c1-18(2,12-20)16(21)17(19)22-15-10-8-14(9-11-15)13-6-4-3-5-7-13/h8-11,13,17H,3-7,12H2,1-2H3. The number of Topliss-reactive ketones (excluding diaryl/α,β-unsaturated/α-hetero) is 1. The molecule has 1 unspecified atom stereocenters. The summed E-state index contributed by atoms with van der Waals surface area (Å²) in [6.07, 6.45) is 6.58. The fraction of sp³-hybridized carbons (Fsp3) is 0.611. The van der Waals surface area contributed by atoms with Gasteiger partial charge in [-0.15, -0.1) is 11.6 Å². The number of carbonyl (C=O) groups is 1. The molecule has 1 fully saturated rings. The highest BCUT2D eigenvalue weighted by Gasteiger charge is 2.33. The normalized spacial score (nSPS) is 18.0. The van der Waals surface area contributed by atoms with Gasteiger partial charge >= 0.3 is 0 Å². The molecule has 0 heterocycles. The van der Waals surface area contributed by atoms with E-state index in [1.54, 1.807) is 0 Å². The molecule has 1 aromatic rings. The topological polar surface area (TPSA) is 26.3 Å². The van der Waals surface area contributed by atoms with E-state index >= 15 is 0 Å². The molecule has 0 bridgehead atoms. The average Bonchev–Trinajstić information content (AvgIpc) is 2.55. The number of alkyl halides is 2. The molecule has 22 heavy (non-hydrogen) atoms. The van der Waals surface area contributed by atoms with Crippen molar-refractivity contribution < 1.29 is 9.53 Å². The van der Waals surface area contributed by atoms with Gasteiger partial charge in [0.05, 0.1) is 0 Å². The number of hydrogen-bond acceptors (Lipinski definition) is 2. The maximum absolute atomic E-state index is 12.3. The fourth-order valence-corrected chi connectivity index (χ4v) is 3.77. The maximum Gasteiger partial charge on any atom is 0.211 e. The van der Waals surface area contributed by atoms with Crippen LogP contribution in [0.25, 0.3) is 0 Å². The molecule has 1 saturated carbocycles. The van der Waals surface area contributed by atoms with Gasteiger partial charge in [-0.3, -0.25) is 4.79 Å². The first-order valence-electron chi connectivity index (χ1n) is 7.95. The van der Waals surface area contributed by atoms with E-state index in [1.165, 1.54) is 37.7 Å². The van der Waals surface area contributed by atoms with Crippen LogP contribution in [-0.2, 0) is 4.79 Å². The molecule has 0 N–H and O–H groups in total. The Labute approximate surface area is 146 Å². The highest BCUT2D eigenvalue weighted by molar-refractivity contribution is 9.09. The Bertz CT molecular complexity index is 492. The van der Waals surface area contributed by atoms with Crippen LogP contribution >= 0.6 is 27.5 Å². The molecule has 4 heteroatoms. The van der Waals surface area contributed by atoms with E-state index in [0.717, 1.165) is 0 Å². The molecule has 0 radical (unpaired) electrons. The summed E-state index contributed by atoms with van der Waals surface area (Å²) in [6.45, 7) is 3.65. The third kappa shape index (κ3) is 4.48. The van der Waals surface area contributed by atoms with Gasteiger partial charge in [-0.1, -0.05) is 45.2 Å². The maximum atomic E-state index is 12.3. The van der Waals surface area contributed by atoms with Crippen molar-refractivity contribution in [2.45, 2.75) is 56.9 Å². The van der Waals surface area contributed by atoms with Crippen LogP contribution in [0, 0.1) is 5.41 Å². The van der Waals surface area contributed by atoms with Crippen LogP contribution in [0.3, 0.4) is 0 Å². The van der Waals surface area contributed by atoms with Crippen LogP contribution in [0.15, 0.2) is 24.3 Å². The molecule has 2 rings (SSSR count). The molecule has 0 saturated heterocycles. The second-order valence-corrected chi connectivity index (χ2v) is 7.82. The van der Waals surface area contributed by atoms with Gasteiger partial charge in [0.15, 0.2) is 5.78 Å². The quantitative estimate of drug-likeness (QED) is 0.588. The Hall–Kier alpha value is -0.540. The highest BCUT2D eigenvalue weighted by atomic mass is 79.9. The van der Waals surface area contributed by atoms with Crippen molar-refractivity contribution in [2.75, 3.05) is 5.88 Å². The third-order valence-corrected chi connectivity index (χ3v) is 5.67. The summed E-state index contributed by atoms with van der Waals surface area (Å²) in [5.74, 6) is 1.62. The lowest BCUT2D eigenvalue weighted by Gasteiger charge is -2.24. The minimum absolute atomic E-state index is 0.0427. The lowest BCUT2D eigenvalue weighted by Crippen LogP contribution is -2.35. The monoisotopic (exact) mass is 386 g/mol. The highest BCUT2D eigenvalue weighted by Crippen LogP contribution is 2.33. The Kier molecular flexibility index (Phi) is 6.34. The number of carbonyl (C=O) groups excluding carboxylic acids is 1. The Morgan fingerprint density at radius 1 is 1.27 bits per heavy atom. The van der Waals surface area contributed by atoms with E-state index in [9.17, 15) is 4.79 Å². The van der Waals surface area contributed by atoms with Gasteiger partial charge in [0.25, 0.3) is 0 Å². The predicted molar refractivity (Wildman–Crippen MR) is 95.1 cm³/mol. The molecule has 1 aliphatic carbocycles.